The van der Waals surface area contributed by atoms with Crippen LogP contribution in [0.15, 0.2) is 77.7 Å². The van der Waals surface area contributed by atoms with Crippen molar-refractivity contribution < 1.29 is 9.59 Å². The van der Waals surface area contributed by atoms with E-state index in [0.717, 1.165) is 21.7 Å². The predicted octanol–water partition coefficient (Wildman–Crippen LogP) is 4.13. The third-order valence-electron chi connectivity index (χ3n) is 4.88. The van der Waals surface area contributed by atoms with Gasteiger partial charge in [0, 0.05) is 17.0 Å². The predicted molar refractivity (Wildman–Crippen MR) is 117 cm³/mol. The highest BCUT2D eigenvalue weighted by atomic mass is 32.2. The fraction of sp³-hybridized carbons (Fsp3) is 0.125. The summed E-state index contributed by atoms with van der Waals surface area (Å²) in [5.74, 6) is 0.223. The number of carbonyl (C=O) groups is 2. The van der Waals surface area contributed by atoms with Gasteiger partial charge in [0.05, 0.1) is 29.6 Å². The maximum absolute atomic E-state index is 12.7. The van der Waals surface area contributed by atoms with E-state index in [1.807, 2.05) is 48.5 Å². The Labute approximate surface area is 179 Å². The molecule has 0 bridgehead atoms. The highest BCUT2D eigenvalue weighted by molar-refractivity contribution is 8.00. The second kappa shape index (κ2) is 8.85. The second-order valence-electron chi connectivity index (χ2n) is 6.93. The molecular weight excluding hydrogens is 394 g/mol. The quantitative estimate of drug-likeness (QED) is 0.683. The number of rotatable bonds is 5. The summed E-state index contributed by atoms with van der Waals surface area (Å²) in [6.45, 7) is 0.840. The molecule has 2 amide bonds. The van der Waals surface area contributed by atoms with Gasteiger partial charge >= 0.3 is 0 Å². The molecule has 1 aliphatic rings. The lowest BCUT2D eigenvalue weighted by molar-refractivity contribution is -0.116. The van der Waals surface area contributed by atoms with Gasteiger partial charge in [0.25, 0.3) is 5.91 Å². The molecule has 4 rings (SSSR count). The van der Waals surface area contributed by atoms with E-state index in [9.17, 15) is 9.59 Å². The number of anilines is 1. The van der Waals surface area contributed by atoms with E-state index >= 15 is 0 Å². The molecule has 0 fully saturated rings. The maximum atomic E-state index is 12.7. The minimum absolute atomic E-state index is 0.0338. The Morgan fingerprint density at radius 3 is 2.53 bits per heavy atom. The van der Waals surface area contributed by atoms with Gasteiger partial charge in [-0.05, 0) is 41.5 Å². The SMILES string of the molecule is N#Cc1ccc(CNC(=O)c2ccc3c(c2)N(Cc2ccccc2)C(=O)CS3)cc1. The third-order valence-corrected chi connectivity index (χ3v) is 5.93. The number of hydrogen-bond donors (Lipinski definition) is 1. The molecule has 0 radical (unpaired) electrons. The van der Waals surface area contributed by atoms with Crippen LogP contribution in [0.25, 0.3) is 0 Å². The molecular formula is C24H19N3O2S. The van der Waals surface area contributed by atoms with Crippen molar-refractivity contribution in [1.29, 1.82) is 5.26 Å². The van der Waals surface area contributed by atoms with Crippen LogP contribution in [0.4, 0.5) is 5.69 Å². The molecule has 148 valence electrons. The first-order chi connectivity index (χ1) is 14.6. The van der Waals surface area contributed by atoms with Crippen LogP contribution in [0.2, 0.25) is 0 Å². The van der Waals surface area contributed by atoms with Gasteiger partial charge in [-0.15, -0.1) is 11.8 Å². The zero-order chi connectivity index (χ0) is 20.9. The fourth-order valence-electron chi connectivity index (χ4n) is 3.26. The first kappa shape index (κ1) is 19.7. The molecule has 1 heterocycles. The summed E-state index contributed by atoms with van der Waals surface area (Å²) in [5.41, 5.74) is 3.82. The molecule has 0 saturated heterocycles. The van der Waals surface area contributed by atoms with Crippen molar-refractivity contribution in [1.82, 2.24) is 5.32 Å². The van der Waals surface area contributed by atoms with Crippen molar-refractivity contribution in [3.05, 3.63) is 95.1 Å². The first-order valence-corrected chi connectivity index (χ1v) is 10.5. The second-order valence-corrected chi connectivity index (χ2v) is 7.95. The van der Waals surface area contributed by atoms with E-state index in [-0.39, 0.29) is 11.8 Å². The van der Waals surface area contributed by atoms with Gasteiger partial charge in [0.2, 0.25) is 5.91 Å². The van der Waals surface area contributed by atoms with Crippen molar-refractivity contribution in [2.45, 2.75) is 18.0 Å². The normalized spacial score (nSPS) is 12.8. The lowest BCUT2D eigenvalue weighted by Gasteiger charge is -2.29. The third kappa shape index (κ3) is 4.37. The lowest BCUT2D eigenvalue weighted by Crippen LogP contribution is -2.35. The molecule has 30 heavy (non-hydrogen) atoms. The largest absolute Gasteiger partial charge is 0.348 e. The number of nitrogens with zero attached hydrogens (tertiary/aromatic N) is 2. The van der Waals surface area contributed by atoms with Crippen molar-refractivity contribution in [3.63, 3.8) is 0 Å². The van der Waals surface area contributed by atoms with Crippen LogP contribution in [0, 0.1) is 11.3 Å². The summed E-state index contributed by atoms with van der Waals surface area (Å²) in [5, 5.41) is 11.8. The van der Waals surface area contributed by atoms with Crippen LogP contribution >= 0.6 is 11.8 Å². The Hall–Kier alpha value is -3.56. The van der Waals surface area contributed by atoms with Gasteiger partial charge < -0.3 is 10.2 Å². The smallest absolute Gasteiger partial charge is 0.251 e. The van der Waals surface area contributed by atoms with Gasteiger partial charge in [-0.2, -0.15) is 5.26 Å². The summed E-state index contributed by atoms with van der Waals surface area (Å²) in [7, 11) is 0. The number of nitrogens with one attached hydrogen (secondary N) is 1. The summed E-state index contributed by atoms with van der Waals surface area (Å²) >= 11 is 1.50. The molecule has 0 unspecified atom stereocenters. The Bertz CT molecular complexity index is 1120. The highest BCUT2D eigenvalue weighted by Crippen LogP contribution is 2.36. The molecule has 1 N–H and O–H groups in total. The van der Waals surface area contributed by atoms with Crippen LogP contribution in [0.1, 0.15) is 27.0 Å². The van der Waals surface area contributed by atoms with Crippen molar-refractivity contribution in [2.24, 2.45) is 0 Å². The van der Waals surface area contributed by atoms with Crippen molar-refractivity contribution >= 4 is 29.3 Å². The van der Waals surface area contributed by atoms with Gasteiger partial charge in [-0.3, -0.25) is 9.59 Å². The minimum Gasteiger partial charge on any atom is -0.348 e. The van der Waals surface area contributed by atoms with Gasteiger partial charge in [0.15, 0.2) is 0 Å². The summed E-state index contributed by atoms with van der Waals surface area (Å²) in [4.78, 5) is 28.0. The average Bonchev–Trinajstić information content (AvgIpc) is 2.80. The van der Waals surface area contributed by atoms with Crippen LogP contribution in [0.3, 0.4) is 0 Å². The molecule has 1 aliphatic heterocycles. The van der Waals surface area contributed by atoms with Crippen LogP contribution in [0.5, 0.6) is 0 Å². The summed E-state index contributed by atoms with van der Waals surface area (Å²) in [6.07, 6.45) is 0. The number of amides is 2. The van der Waals surface area contributed by atoms with Crippen LogP contribution in [-0.4, -0.2) is 17.6 Å². The Morgan fingerprint density at radius 2 is 1.80 bits per heavy atom. The van der Waals surface area contributed by atoms with E-state index in [0.29, 0.717) is 30.0 Å². The van der Waals surface area contributed by atoms with Gasteiger partial charge in [-0.25, -0.2) is 0 Å². The van der Waals surface area contributed by atoms with Crippen molar-refractivity contribution in [2.75, 3.05) is 10.7 Å². The van der Waals surface area contributed by atoms with E-state index in [4.69, 9.17) is 5.26 Å². The molecule has 3 aromatic rings. The van der Waals surface area contributed by atoms with Crippen LogP contribution < -0.4 is 10.2 Å². The zero-order valence-electron chi connectivity index (χ0n) is 16.2. The molecule has 0 saturated carbocycles. The number of benzene rings is 3. The molecule has 0 aromatic heterocycles. The first-order valence-electron chi connectivity index (χ1n) is 9.52. The van der Waals surface area contributed by atoms with Gasteiger partial charge in [0.1, 0.15) is 0 Å². The molecule has 0 aliphatic carbocycles. The monoisotopic (exact) mass is 413 g/mol. The highest BCUT2D eigenvalue weighted by Gasteiger charge is 2.26. The Kier molecular flexibility index (Phi) is 5.82. The standard InChI is InChI=1S/C24H19N3O2S/c25-13-17-6-8-18(9-7-17)14-26-24(29)20-10-11-22-21(12-20)27(23(28)16-30-22)15-19-4-2-1-3-5-19/h1-12H,14-16H2,(H,26,29). The van der Waals surface area contributed by atoms with E-state index in [2.05, 4.69) is 11.4 Å². The number of thioether (sulfide) groups is 1. The topological polar surface area (TPSA) is 73.2 Å². The van der Waals surface area contributed by atoms with Crippen molar-refractivity contribution in [3.8, 4) is 6.07 Å². The van der Waals surface area contributed by atoms with Gasteiger partial charge in [-0.1, -0.05) is 42.5 Å². The molecule has 3 aromatic carbocycles. The Balaban J connectivity index is 1.52. The molecule has 0 atom stereocenters. The molecule has 6 heteroatoms. The summed E-state index contributed by atoms with van der Waals surface area (Å²) < 4.78 is 0. The summed E-state index contributed by atoms with van der Waals surface area (Å²) in [6, 6.07) is 24.5. The molecule has 0 spiro atoms. The van der Waals surface area contributed by atoms with Crippen LogP contribution in [-0.2, 0) is 17.9 Å². The molecule has 5 nitrogen and oxygen atoms in total. The fourth-order valence-corrected chi connectivity index (χ4v) is 4.18. The van der Waals surface area contributed by atoms with E-state index in [1.165, 1.54) is 11.8 Å². The minimum atomic E-state index is -0.204. The van der Waals surface area contributed by atoms with E-state index in [1.54, 1.807) is 29.2 Å². The zero-order valence-corrected chi connectivity index (χ0v) is 17.0. The average molecular weight is 414 g/mol. The number of nitriles is 1. The number of carbonyl (C=O) groups excluding carboxylic acids is 2. The number of fused-ring (bicyclic) bond motifs is 1. The lowest BCUT2D eigenvalue weighted by atomic mass is 10.1. The Morgan fingerprint density at radius 1 is 1.03 bits per heavy atom. The number of hydrogen-bond acceptors (Lipinski definition) is 4. The van der Waals surface area contributed by atoms with E-state index < -0.39 is 0 Å². The maximum Gasteiger partial charge on any atom is 0.251 e.